The van der Waals surface area contributed by atoms with E-state index in [1.807, 2.05) is 0 Å². The number of ketones is 1. The van der Waals surface area contributed by atoms with E-state index in [0.717, 1.165) is 0 Å². The summed E-state index contributed by atoms with van der Waals surface area (Å²) in [6.07, 6.45) is 0.131. The number of carboxylic acid groups (broad SMARTS) is 1. The second-order valence-corrected chi connectivity index (χ2v) is 4.02. The minimum absolute atomic E-state index is 0.00827. The molecule has 1 aromatic rings. The van der Waals surface area contributed by atoms with Gasteiger partial charge in [0.25, 0.3) is 0 Å². The Bertz CT molecular complexity index is 442. The molecule has 1 N–H and O–H groups in total. The zero-order valence-corrected chi connectivity index (χ0v) is 8.52. The Morgan fingerprint density at radius 3 is 2.62 bits per heavy atom. The molecule has 4 heteroatoms. The molecule has 2 rings (SSSR count). The van der Waals surface area contributed by atoms with Gasteiger partial charge in [-0.25, -0.2) is 4.39 Å². The first-order chi connectivity index (χ1) is 7.59. The Balaban J connectivity index is 2.36. The van der Waals surface area contributed by atoms with E-state index in [4.69, 9.17) is 5.11 Å². The average molecular weight is 222 g/mol. The fraction of sp³-hybridized carbons (Fsp3) is 0.333. The molecule has 1 aliphatic carbocycles. The number of rotatable bonds is 2. The SMILES string of the molecule is O=C1CC(C(=O)O)C(c2ccccc2F)C1. The lowest BCUT2D eigenvalue weighted by Gasteiger charge is -2.15. The fourth-order valence-corrected chi connectivity index (χ4v) is 2.22. The van der Waals surface area contributed by atoms with Gasteiger partial charge in [0.2, 0.25) is 0 Å². The lowest BCUT2D eigenvalue weighted by molar-refractivity contribution is -0.142. The van der Waals surface area contributed by atoms with E-state index in [1.54, 1.807) is 18.2 Å². The molecule has 2 atom stereocenters. The molecular weight excluding hydrogens is 211 g/mol. The second-order valence-electron chi connectivity index (χ2n) is 4.02. The van der Waals surface area contributed by atoms with Crippen LogP contribution in [0.25, 0.3) is 0 Å². The Morgan fingerprint density at radius 1 is 1.31 bits per heavy atom. The summed E-state index contributed by atoms with van der Waals surface area (Å²) in [5.74, 6) is -2.89. The summed E-state index contributed by atoms with van der Waals surface area (Å²) in [7, 11) is 0. The Labute approximate surface area is 91.9 Å². The van der Waals surface area contributed by atoms with Gasteiger partial charge in [0.05, 0.1) is 5.92 Å². The van der Waals surface area contributed by atoms with Gasteiger partial charge >= 0.3 is 5.97 Å². The lowest BCUT2D eigenvalue weighted by Crippen LogP contribution is -2.17. The molecule has 1 saturated carbocycles. The van der Waals surface area contributed by atoms with Crippen molar-refractivity contribution in [1.29, 1.82) is 0 Å². The summed E-state index contributed by atoms with van der Waals surface area (Å²) >= 11 is 0. The van der Waals surface area contributed by atoms with Crippen LogP contribution in [-0.2, 0) is 9.59 Å². The summed E-state index contributed by atoms with van der Waals surface area (Å²) in [6.45, 7) is 0. The van der Waals surface area contributed by atoms with Crippen LogP contribution in [-0.4, -0.2) is 16.9 Å². The van der Waals surface area contributed by atoms with E-state index in [9.17, 15) is 14.0 Å². The van der Waals surface area contributed by atoms with Crippen LogP contribution in [0.1, 0.15) is 24.3 Å². The van der Waals surface area contributed by atoms with Crippen LogP contribution in [0.2, 0.25) is 0 Å². The number of halogens is 1. The van der Waals surface area contributed by atoms with Gasteiger partial charge in [-0.1, -0.05) is 18.2 Å². The maximum absolute atomic E-state index is 13.5. The van der Waals surface area contributed by atoms with Crippen molar-refractivity contribution in [2.45, 2.75) is 18.8 Å². The molecule has 1 aliphatic rings. The Kier molecular flexibility index (Phi) is 2.73. The maximum atomic E-state index is 13.5. The van der Waals surface area contributed by atoms with E-state index in [0.29, 0.717) is 5.56 Å². The van der Waals surface area contributed by atoms with E-state index in [1.165, 1.54) is 6.07 Å². The molecule has 0 aliphatic heterocycles. The molecule has 0 amide bonds. The van der Waals surface area contributed by atoms with Crippen molar-refractivity contribution in [3.8, 4) is 0 Å². The summed E-state index contributed by atoms with van der Waals surface area (Å²) < 4.78 is 13.5. The summed E-state index contributed by atoms with van der Waals surface area (Å²) in [4.78, 5) is 22.2. The van der Waals surface area contributed by atoms with Crippen molar-refractivity contribution >= 4 is 11.8 Å². The standard InChI is InChI=1S/C12H11FO3/c13-11-4-2-1-3-8(11)9-5-7(14)6-10(9)12(15)16/h1-4,9-10H,5-6H2,(H,15,16). The first kappa shape index (κ1) is 10.8. The summed E-state index contributed by atoms with van der Waals surface area (Å²) in [5.41, 5.74) is 0.334. The number of hydrogen-bond acceptors (Lipinski definition) is 2. The van der Waals surface area contributed by atoms with Gasteiger partial charge in [-0.05, 0) is 11.6 Å². The van der Waals surface area contributed by atoms with E-state index in [-0.39, 0.29) is 18.6 Å². The zero-order valence-electron chi connectivity index (χ0n) is 8.52. The number of hydrogen-bond donors (Lipinski definition) is 1. The maximum Gasteiger partial charge on any atom is 0.307 e. The number of Topliss-reactive ketones (excluding diaryl/α,β-unsaturated/α-hetero) is 1. The van der Waals surface area contributed by atoms with E-state index >= 15 is 0 Å². The number of carbonyl (C=O) groups excluding carboxylic acids is 1. The average Bonchev–Trinajstić information content (AvgIpc) is 2.61. The first-order valence-electron chi connectivity index (χ1n) is 5.08. The third-order valence-electron chi connectivity index (χ3n) is 3.00. The highest BCUT2D eigenvalue weighted by Crippen LogP contribution is 2.38. The minimum atomic E-state index is -1.03. The van der Waals surface area contributed by atoms with Crippen LogP contribution in [0, 0.1) is 11.7 Å². The Morgan fingerprint density at radius 2 is 2.00 bits per heavy atom. The molecule has 0 aromatic heterocycles. The number of carboxylic acids is 1. The molecule has 1 fully saturated rings. The minimum Gasteiger partial charge on any atom is -0.481 e. The van der Waals surface area contributed by atoms with Crippen molar-refractivity contribution in [3.63, 3.8) is 0 Å². The molecule has 0 bridgehead atoms. The highest BCUT2D eigenvalue weighted by molar-refractivity contribution is 5.89. The molecule has 1 aromatic carbocycles. The molecule has 84 valence electrons. The van der Waals surface area contributed by atoms with Gasteiger partial charge in [-0.2, -0.15) is 0 Å². The highest BCUT2D eigenvalue weighted by Gasteiger charge is 2.39. The topological polar surface area (TPSA) is 54.4 Å². The molecule has 0 heterocycles. The third kappa shape index (κ3) is 1.83. The smallest absolute Gasteiger partial charge is 0.307 e. The van der Waals surface area contributed by atoms with Crippen LogP contribution in [0.3, 0.4) is 0 Å². The zero-order chi connectivity index (χ0) is 11.7. The van der Waals surface area contributed by atoms with Crippen molar-refractivity contribution < 1.29 is 19.1 Å². The molecule has 0 spiro atoms. The van der Waals surface area contributed by atoms with Crippen LogP contribution >= 0.6 is 0 Å². The van der Waals surface area contributed by atoms with Crippen LogP contribution in [0.5, 0.6) is 0 Å². The second kappa shape index (κ2) is 4.04. The van der Waals surface area contributed by atoms with Crippen LogP contribution < -0.4 is 0 Å². The quantitative estimate of drug-likeness (QED) is 0.832. The first-order valence-corrected chi connectivity index (χ1v) is 5.08. The molecular formula is C12H11FO3. The normalized spacial score (nSPS) is 24.7. The number of carbonyl (C=O) groups is 2. The van der Waals surface area contributed by atoms with Crippen LogP contribution in [0.4, 0.5) is 4.39 Å². The van der Waals surface area contributed by atoms with Gasteiger partial charge in [-0.15, -0.1) is 0 Å². The number of benzene rings is 1. The third-order valence-corrected chi connectivity index (χ3v) is 3.00. The van der Waals surface area contributed by atoms with E-state index in [2.05, 4.69) is 0 Å². The van der Waals surface area contributed by atoms with Gasteiger partial charge in [0, 0.05) is 18.8 Å². The van der Waals surface area contributed by atoms with Gasteiger partial charge in [0.1, 0.15) is 11.6 Å². The largest absolute Gasteiger partial charge is 0.481 e. The fourth-order valence-electron chi connectivity index (χ4n) is 2.22. The number of aliphatic carboxylic acids is 1. The monoisotopic (exact) mass is 222 g/mol. The van der Waals surface area contributed by atoms with Crippen molar-refractivity contribution in [1.82, 2.24) is 0 Å². The van der Waals surface area contributed by atoms with Gasteiger partial charge < -0.3 is 5.11 Å². The van der Waals surface area contributed by atoms with Crippen molar-refractivity contribution in [2.75, 3.05) is 0 Å². The predicted octanol–water partition coefficient (Wildman–Crippen LogP) is 1.97. The molecule has 3 nitrogen and oxygen atoms in total. The highest BCUT2D eigenvalue weighted by atomic mass is 19.1. The summed E-state index contributed by atoms with van der Waals surface area (Å²) in [6, 6.07) is 6.04. The molecule has 16 heavy (non-hydrogen) atoms. The van der Waals surface area contributed by atoms with Crippen molar-refractivity contribution in [3.05, 3.63) is 35.6 Å². The molecule has 2 unspecified atom stereocenters. The van der Waals surface area contributed by atoms with Gasteiger partial charge in [-0.3, -0.25) is 9.59 Å². The molecule has 0 saturated heterocycles. The van der Waals surface area contributed by atoms with Crippen molar-refractivity contribution in [2.24, 2.45) is 5.92 Å². The predicted molar refractivity (Wildman–Crippen MR) is 54.5 cm³/mol. The Hall–Kier alpha value is -1.71. The van der Waals surface area contributed by atoms with Crippen LogP contribution in [0.15, 0.2) is 24.3 Å². The van der Waals surface area contributed by atoms with E-state index < -0.39 is 23.6 Å². The molecule has 0 radical (unpaired) electrons. The lowest BCUT2D eigenvalue weighted by atomic mass is 9.89. The van der Waals surface area contributed by atoms with Gasteiger partial charge in [0.15, 0.2) is 0 Å². The summed E-state index contributed by atoms with van der Waals surface area (Å²) in [5, 5.41) is 8.98.